The van der Waals surface area contributed by atoms with Crippen molar-refractivity contribution in [3.63, 3.8) is 0 Å². The second-order valence-electron chi connectivity index (χ2n) is 1.91. The monoisotopic (exact) mass is 146 g/mol. The topological polar surface area (TPSA) is 35.5 Å². The minimum Gasteiger partial charge on any atom is -0.379 e. The van der Waals surface area contributed by atoms with Crippen molar-refractivity contribution < 1.29 is 14.3 Å². The Balaban J connectivity index is 2.95. The summed E-state index contributed by atoms with van der Waals surface area (Å²) in [6, 6.07) is 0. The molecule has 0 saturated heterocycles. The molecule has 3 heteroatoms. The predicted molar refractivity (Wildman–Crippen MR) is 38.0 cm³/mol. The molecule has 0 heterocycles. The highest BCUT2D eigenvalue weighted by Gasteiger charge is 1.96. The molecule has 0 N–H and O–H groups in total. The van der Waals surface area contributed by atoms with Crippen LogP contribution in [-0.4, -0.2) is 32.2 Å². The molecule has 0 saturated carbocycles. The summed E-state index contributed by atoms with van der Waals surface area (Å²) >= 11 is 0. The molecule has 0 aromatic heterocycles. The van der Waals surface area contributed by atoms with Crippen molar-refractivity contribution >= 4 is 6.29 Å². The van der Waals surface area contributed by atoms with Gasteiger partial charge in [-0.2, -0.15) is 0 Å². The first-order valence-electron chi connectivity index (χ1n) is 3.46. The molecule has 3 nitrogen and oxygen atoms in total. The molecule has 0 aromatic rings. The zero-order chi connectivity index (χ0) is 7.82. The van der Waals surface area contributed by atoms with E-state index in [2.05, 4.69) is 0 Å². The van der Waals surface area contributed by atoms with Gasteiger partial charge in [-0.25, -0.2) is 0 Å². The molecule has 0 aliphatic rings. The van der Waals surface area contributed by atoms with Crippen LogP contribution in [0.1, 0.15) is 13.8 Å². The van der Waals surface area contributed by atoms with E-state index in [0.29, 0.717) is 19.8 Å². The third-order valence-electron chi connectivity index (χ3n) is 1.00. The number of rotatable bonds is 6. The van der Waals surface area contributed by atoms with Gasteiger partial charge in [0.05, 0.1) is 13.2 Å². The van der Waals surface area contributed by atoms with Gasteiger partial charge >= 0.3 is 0 Å². The quantitative estimate of drug-likeness (QED) is 0.407. The molecule has 0 radical (unpaired) electrons. The normalized spacial score (nSPS) is 13.0. The standard InChI is InChI=1S/C7H14O3/c1-3-9-4-5-10-7(2)6-8/h6-7H,3-5H2,1-2H3/t7-/m0/s1. The highest BCUT2D eigenvalue weighted by Crippen LogP contribution is 1.84. The molecule has 10 heavy (non-hydrogen) atoms. The molecule has 1 atom stereocenters. The SMILES string of the molecule is CCOCCO[C@@H](C)C=O. The largest absolute Gasteiger partial charge is 0.379 e. The van der Waals surface area contributed by atoms with Crippen LogP contribution in [0.2, 0.25) is 0 Å². The Morgan fingerprint density at radius 2 is 2.20 bits per heavy atom. The van der Waals surface area contributed by atoms with Crippen molar-refractivity contribution in [3.05, 3.63) is 0 Å². The molecule has 60 valence electrons. The van der Waals surface area contributed by atoms with Gasteiger partial charge in [-0.1, -0.05) is 0 Å². The molecule has 0 fully saturated rings. The second kappa shape index (κ2) is 6.71. The number of carbonyl (C=O) groups excluding carboxylic acids is 1. The molecule has 0 spiro atoms. The van der Waals surface area contributed by atoms with Crippen molar-refractivity contribution in [3.8, 4) is 0 Å². The maximum absolute atomic E-state index is 10.0. The summed E-state index contributed by atoms with van der Waals surface area (Å²) in [5, 5.41) is 0. The van der Waals surface area contributed by atoms with Crippen LogP contribution in [0.15, 0.2) is 0 Å². The van der Waals surface area contributed by atoms with Crippen LogP contribution in [-0.2, 0) is 14.3 Å². The van der Waals surface area contributed by atoms with E-state index in [-0.39, 0.29) is 6.10 Å². The fraction of sp³-hybridized carbons (Fsp3) is 0.857. The van der Waals surface area contributed by atoms with Crippen LogP contribution >= 0.6 is 0 Å². The van der Waals surface area contributed by atoms with Gasteiger partial charge in [0.25, 0.3) is 0 Å². The van der Waals surface area contributed by atoms with E-state index >= 15 is 0 Å². The van der Waals surface area contributed by atoms with Crippen LogP contribution in [0.5, 0.6) is 0 Å². The van der Waals surface area contributed by atoms with Gasteiger partial charge in [-0.3, -0.25) is 0 Å². The molecule has 0 rings (SSSR count). The number of hydrogen-bond acceptors (Lipinski definition) is 3. The zero-order valence-electron chi connectivity index (χ0n) is 6.50. The van der Waals surface area contributed by atoms with E-state index in [1.54, 1.807) is 6.92 Å². The van der Waals surface area contributed by atoms with E-state index in [9.17, 15) is 4.79 Å². The molecular formula is C7H14O3. The van der Waals surface area contributed by atoms with Gasteiger partial charge < -0.3 is 14.3 Å². The molecule has 0 unspecified atom stereocenters. The summed E-state index contributed by atoms with van der Waals surface area (Å²) in [5.74, 6) is 0. The maximum Gasteiger partial charge on any atom is 0.148 e. The summed E-state index contributed by atoms with van der Waals surface area (Å²) in [7, 11) is 0. The van der Waals surface area contributed by atoms with Gasteiger partial charge in [-0.05, 0) is 13.8 Å². The predicted octanol–water partition coefficient (Wildman–Crippen LogP) is 0.627. The van der Waals surface area contributed by atoms with Crippen molar-refractivity contribution in [2.24, 2.45) is 0 Å². The lowest BCUT2D eigenvalue weighted by Crippen LogP contribution is -2.13. The van der Waals surface area contributed by atoms with Crippen LogP contribution in [0, 0.1) is 0 Å². The highest BCUT2D eigenvalue weighted by molar-refractivity contribution is 5.55. The minimum absolute atomic E-state index is 0.305. The molecule has 0 aliphatic carbocycles. The van der Waals surface area contributed by atoms with Gasteiger partial charge in [-0.15, -0.1) is 0 Å². The fourth-order valence-electron chi connectivity index (χ4n) is 0.477. The van der Waals surface area contributed by atoms with Crippen LogP contribution in [0.3, 0.4) is 0 Å². The smallest absolute Gasteiger partial charge is 0.148 e. The van der Waals surface area contributed by atoms with Crippen LogP contribution in [0.25, 0.3) is 0 Å². The molecule has 0 bridgehead atoms. The van der Waals surface area contributed by atoms with Crippen LogP contribution < -0.4 is 0 Å². The third kappa shape index (κ3) is 5.72. The Kier molecular flexibility index (Phi) is 6.43. The van der Waals surface area contributed by atoms with E-state index in [1.165, 1.54) is 0 Å². The van der Waals surface area contributed by atoms with Crippen molar-refractivity contribution in [2.75, 3.05) is 19.8 Å². The second-order valence-corrected chi connectivity index (χ2v) is 1.91. The molecule has 0 aromatic carbocycles. The summed E-state index contributed by atoms with van der Waals surface area (Å²) < 4.78 is 9.99. The highest BCUT2D eigenvalue weighted by atomic mass is 16.5. The molecule has 0 amide bonds. The van der Waals surface area contributed by atoms with Crippen molar-refractivity contribution in [1.82, 2.24) is 0 Å². The minimum atomic E-state index is -0.305. The maximum atomic E-state index is 10.0. The summed E-state index contributed by atoms with van der Waals surface area (Å²) in [6.07, 6.45) is 0.465. The lowest BCUT2D eigenvalue weighted by atomic mass is 10.5. The zero-order valence-corrected chi connectivity index (χ0v) is 6.50. The van der Waals surface area contributed by atoms with E-state index < -0.39 is 0 Å². The van der Waals surface area contributed by atoms with Gasteiger partial charge in [0.2, 0.25) is 0 Å². The summed E-state index contributed by atoms with van der Waals surface area (Å²) in [4.78, 5) is 10.0. The third-order valence-corrected chi connectivity index (χ3v) is 1.00. The first-order valence-corrected chi connectivity index (χ1v) is 3.46. The van der Waals surface area contributed by atoms with Gasteiger partial charge in [0.1, 0.15) is 12.4 Å². The molecule has 0 aliphatic heterocycles. The first-order chi connectivity index (χ1) is 4.81. The number of aldehydes is 1. The number of hydrogen-bond donors (Lipinski definition) is 0. The average Bonchev–Trinajstić information content (AvgIpc) is 1.98. The summed E-state index contributed by atoms with van der Waals surface area (Å²) in [6.45, 7) is 5.38. The lowest BCUT2D eigenvalue weighted by molar-refractivity contribution is -0.117. The fourth-order valence-corrected chi connectivity index (χ4v) is 0.477. The Morgan fingerprint density at radius 3 is 2.70 bits per heavy atom. The van der Waals surface area contributed by atoms with E-state index in [4.69, 9.17) is 9.47 Å². The van der Waals surface area contributed by atoms with E-state index in [1.807, 2.05) is 6.92 Å². The van der Waals surface area contributed by atoms with Crippen molar-refractivity contribution in [2.45, 2.75) is 20.0 Å². The number of ether oxygens (including phenoxy) is 2. The Hall–Kier alpha value is -0.410. The Morgan fingerprint density at radius 1 is 1.50 bits per heavy atom. The first kappa shape index (κ1) is 9.59. The number of carbonyl (C=O) groups is 1. The lowest BCUT2D eigenvalue weighted by Gasteiger charge is -2.05. The van der Waals surface area contributed by atoms with E-state index in [0.717, 1.165) is 6.29 Å². The average molecular weight is 146 g/mol. The van der Waals surface area contributed by atoms with Crippen LogP contribution in [0.4, 0.5) is 0 Å². The Labute approximate surface area is 61.3 Å². The van der Waals surface area contributed by atoms with Crippen molar-refractivity contribution in [1.29, 1.82) is 0 Å². The summed E-state index contributed by atoms with van der Waals surface area (Å²) in [5.41, 5.74) is 0. The van der Waals surface area contributed by atoms with Gasteiger partial charge in [0.15, 0.2) is 0 Å². The molecular weight excluding hydrogens is 132 g/mol. The van der Waals surface area contributed by atoms with Gasteiger partial charge in [0, 0.05) is 6.61 Å². The Bertz CT molecular complexity index is 82.9.